The first-order valence-corrected chi connectivity index (χ1v) is 14.9. The second-order valence-corrected chi connectivity index (χ2v) is 11.8. The van der Waals surface area contributed by atoms with Crippen LogP contribution in [0, 0.1) is 19.1 Å². The summed E-state index contributed by atoms with van der Waals surface area (Å²) in [5.41, 5.74) is 9.03. The third-order valence-electron chi connectivity index (χ3n) is 8.59. The van der Waals surface area contributed by atoms with Gasteiger partial charge in [0.1, 0.15) is 22.9 Å². The Hall–Kier alpha value is -4.70. The molecule has 0 radical (unpaired) electrons. The Kier molecular flexibility index (Phi) is 7.32. The first kappa shape index (κ1) is 29.0. The SMILES string of the molecule is Cc1ccnc(-n2c3[c-]c(C(C)(C)c4[c-]c(N5[OH+]N(c6ccccc6)c6ccccc65)ccc4)ccc3c3ccccc32)c1.[Pt]. The van der Waals surface area contributed by atoms with Crippen LogP contribution in [0.1, 0.15) is 30.5 Å². The van der Waals surface area contributed by atoms with Crippen LogP contribution in [-0.2, 0) is 26.5 Å². The molecule has 6 heteroatoms. The zero-order valence-corrected chi connectivity index (χ0v) is 27.4. The first-order chi connectivity index (χ1) is 21.5. The number of pyridine rings is 1. The number of aryl methyl sites for hydroxylation is 1. The van der Waals surface area contributed by atoms with Crippen molar-refractivity contribution in [3.63, 3.8) is 0 Å². The molecule has 0 amide bonds. The number of aromatic nitrogens is 2. The van der Waals surface area contributed by atoms with Gasteiger partial charge in [0.25, 0.3) is 0 Å². The monoisotopic (exact) mass is 766 g/mol. The molecule has 224 valence electrons. The number of benzene rings is 5. The van der Waals surface area contributed by atoms with Gasteiger partial charge in [-0.15, -0.1) is 22.6 Å². The predicted molar refractivity (Wildman–Crippen MR) is 179 cm³/mol. The molecule has 0 bridgehead atoms. The fourth-order valence-corrected chi connectivity index (χ4v) is 6.17. The van der Waals surface area contributed by atoms with Gasteiger partial charge in [0, 0.05) is 38.5 Å². The number of para-hydroxylation sites is 4. The van der Waals surface area contributed by atoms with Gasteiger partial charge in [0.15, 0.2) is 0 Å². The Morgan fingerprint density at radius 3 is 2.18 bits per heavy atom. The maximum atomic E-state index is 5.03. The molecule has 2 aromatic heterocycles. The van der Waals surface area contributed by atoms with Crippen LogP contribution in [-0.4, -0.2) is 14.5 Å². The average molecular weight is 767 g/mol. The molecule has 1 aliphatic rings. The second kappa shape index (κ2) is 11.3. The van der Waals surface area contributed by atoms with Crippen molar-refractivity contribution in [3.8, 4) is 5.82 Å². The number of fused-ring (bicyclic) bond motifs is 4. The molecule has 5 nitrogen and oxygen atoms in total. The number of nitrogens with zero attached hydrogens (tertiary/aromatic N) is 4. The summed E-state index contributed by atoms with van der Waals surface area (Å²) in [4.78, 5) is 9.78. The van der Waals surface area contributed by atoms with Crippen molar-refractivity contribution in [3.05, 3.63) is 156 Å². The summed E-state index contributed by atoms with van der Waals surface area (Å²) < 4.78 is 2.23. The molecular formula is C39H31N4OPt-. The van der Waals surface area contributed by atoms with Gasteiger partial charge < -0.3 is 4.57 Å². The van der Waals surface area contributed by atoms with Crippen molar-refractivity contribution in [2.24, 2.45) is 0 Å². The Morgan fingerprint density at radius 2 is 1.38 bits per heavy atom. The van der Waals surface area contributed by atoms with Crippen molar-refractivity contribution in [2.75, 3.05) is 10.1 Å². The molecule has 1 N–H and O–H groups in total. The van der Waals surface area contributed by atoms with Crippen LogP contribution < -0.4 is 10.1 Å². The Morgan fingerprint density at radius 1 is 0.667 bits per heavy atom. The predicted octanol–water partition coefficient (Wildman–Crippen LogP) is 9.54. The zero-order chi connectivity index (χ0) is 29.8. The van der Waals surface area contributed by atoms with Crippen LogP contribution in [0.3, 0.4) is 0 Å². The van der Waals surface area contributed by atoms with Gasteiger partial charge in [-0.3, -0.25) is 0 Å². The van der Waals surface area contributed by atoms with Crippen molar-refractivity contribution >= 4 is 44.6 Å². The topological polar surface area (TPSA) is 37.1 Å². The minimum Gasteiger partial charge on any atom is -0.319 e. The van der Waals surface area contributed by atoms with Crippen molar-refractivity contribution < 1.29 is 26.0 Å². The van der Waals surface area contributed by atoms with E-state index in [9.17, 15) is 0 Å². The molecule has 5 aromatic carbocycles. The first-order valence-electron chi connectivity index (χ1n) is 14.9. The van der Waals surface area contributed by atoms with E-state index in [1.165, 1.54) is 10.9 Å². The van der Waals surface area contributed by atoms with E-state index in [0.717, 1.165) is 56.1 Å². The van der Waals surface area contributed by atoms with Crippen molar-refractivity contribution in [1.82, 2.24) is 9.55 Å². The van der Waals surface area contributed by atoms with E-state index in [1.54, 1.807) is 0 Å². The van der Waals surface area contributed by atoms with E-state index < -0.39 is 0 Å². The third-order valence-corrected chi connectivity index (χ3v) is 8.59. The van der Waals surface area contributed by atoms with Crippen LogP contribution in [0.15, 0.2) is 128 Å². The summed E-state index contributed by atoms with van der Waals surface area (Å²) in [6, 6.07) is 49.5. The largest absolute Gasteiger partial charge is 0.319 e. The molecule has 45 heavy (non-hydrogen) atoms. The number of hydrogen-bond acceptors (Lipinski definition) is 3. The molecule has 0 unspecified atom stereocenters. The zero-order valence-electron chi connectivity index (χ0n) is 25.2. The van der Waals surface area contributed by atoms with E-state index in [4.69, 9.17) is 9.92 Å². The van der Waals surface area contributed by atoms with E-state index in [0.29, 0.717) is 0 Å². The Labute approximate surface area is 277 Å². The second-order valence-electron chi connectivity index (χ2n) is 11.8. The summed E-state index contributed by atoms with van der Waals surface area (Å²) in [6.07, 6.45) is 1.87. The van der Waals surface area contributed by atoms with Crippen LogP contribution in [0.5, 0.6) is 0 Å². The molecule has 3 heterocycles. The molecule has 0 spiro atoms. The standard InChI is InChI=1S/C39H30N4O.Pt/c1-27-22-23-40-38(24-27)41-34-17-8-7-16-32(34)33-21-20-29(26-37(33)41)39(2,3)28-12-11-15-31(25-28)43-36-19-10-9-18-35(36)42(44-43)30-13-5-4-6-14-30;/h4-24H,1-3H3;/q-2;/p+1. The van der Waals surface area contributed by atoms with Gasteiger partial charge in [0.2, 0.25) is 0 Å². The quantitative estimate of drug-likeness (QED) is 0.129. The summed E-state index contributed by atoms with van der Waals surface area (Å²) in [7, 11) is 0. The van der Waals surface area contributed by atoms with E-state index >= 15 is 0 Å². The van der Waals surface area contributed by atoms with Gasteiger partial charge in [-0.2, -0.15) is 46.4 Å². The van der Waals surface area contributed by atoms with Crippen molar-refractivity contribution in [2.45, 2.75) is 26.2 Å². The average Bonchev–Trinajstić information content (AvgIpc) is 3.61. The molecular weight excluding hydrogens is 736 g/mol. The van der Waals surface area contributed by atoms with Gasteiger partial charge >= 0.3 is 0 Å². The number of rotatable bonds is 5. The number of hydrogen-bond donors (Lipinski definition) is 0. The minimum atomic E-state index is -0.385. The fraction of sp³-hybridized carbons (Fsp3) is 0.103. The molecule has 8 rings (SSSR count). The van der Waals surface area contributed by atoms with E-state index in [1.807, 2.05) is 40.6 Å². The van der Waals surface area contributed by atoms with Gasteiger partial charge in [-0.25, -0.2) is 4.98 Å². The Balaban J connectivity index is 0.00000325. The van der Waals surface area contributed by atoms with Crippen LogP contribution in [0.4, 0.5) is 22.7 Å². The third kappa shape index (κ3) is 4.84. The van der Waals surface area contributed by atoms with Gasteiger partial charge in [-0.05, 0) is 65.8 Å². The number of anilines is 4. The molecule has 0 saturated heterocycles. The fourth-order valence-electron chi connectivity index (χ4n) is 6.17. The maximum absolute atomic E-state index is 5.03. The molecule has 1 aliphatic heterocycles. The van der Waals surface area contributed by atoms with Crippen LogP contribution >= 0.6 is 0 Å². The minimum absolute atomic E-state index is 0. The maximum Gasteiger partial charge on any atom is 0.148 e. The van der Waals surface area contributed by atoms with Gasteiger partial charge in [-0.1, -0.05) is 73.0 Å². The molecule has 0 saturated carbocycles. The summed E-state index contributed by atoms with van der Waals surface area (Å²) in [6.45, 7) is 6.58. The smallest absolute Gasteiger partial charge is 0.148 e. The van der Waals surface area contributed by atoms with E-state index in [-0.39, 0.29) is 26.5 Å². The molecule has 0 fully saturated rings. The molecule has 7 aromatic rings. The van der Waals surface area contributed by atoms with Crippen LogP contribution in [0.25, 0.3) is 27.6 Å². The molecule has 0 atom stereocenters. The summed E-state index contributed by atoms with van der Waals surface area (Å²) in [5.74, 6) is 0.897. The van der Waals surface area contributed by atoms with Gasteiger partial charge in [0.05, 0.1) is 0 Å². The summed E-state index contributed by atoms with van der Waals surface area (Å²) >= 11 is 0. The Bertz CT molecular complexity index is 2170. The van der Waals surface area contributed by atoms with Crippen molar-refractivity contribution in [1.29, 1.82) is 0 Å². The normalized spacial score (nSPS) is 12.9. The van der Waals surface area contributed by atoms with E-state index in [2.05, 4.69) is 135 Å². The molecule has 0 aliphatic carbocycles. The summed E-state index contributed by atoms with van der Waals surface area (Å²) in [5, 5.41) is 6.32. The van der Waals surface area contributed by atoms with Crippen LogP contribution in [0.2, 0.25) is 0 Å².